The van der Waals surface area contributed by atoms with Crippen LogP contribution in [0.25, 0.3) is 11.1 Å². The molecule has 0 spiro atoms. The highest BCUT2D eigenvalue weighted by Crippen LogP contribution is 2.64. The summed E-state index contributed by atoms with van der Waals surface area (Å²) in [7, 11) is 0. The summed E-state index contributed by atoms with van der Waals surface area (Å²) < 4.78 is 368. The normalized spacial score (nSPS) is 15.0. The van der Waals surface area contributed by atoms with Gasteiger partial charge in [-0.1, -0.05) is 0 Å². The molecule has 2 rings (SSSR count). The van der Waals surface area contributed by atoms with Crippen molar-refractivity contribution in [2.75, 3.05) is 0 Å². The summed E-state index contributed by atoms with van der Waals surface area (Å²) in [4.78, 5) is 23.2. The Morgan fingerprint density at radius 2 is 0.586 bits per heavy atom. The molecule has 0 heterocycles. The largest absolute Gasteiger partial charge is 0.460 e. The van der Waals surface area contributed by atoms with E-state index in [0.717, 1.165) is 0 Å². The first-order valence-electron chi connectivity index (χ1n) is 13.9. The fraction of sp³-hybridized carbons (Fsp3) is 0.500. The Hall–Kier alpha value is -4.44. The molecule has 330 valence electrons. The van der Waals surface area contributed by atoms with Gasteiger partial charge in [0.05, 0.1) is 0 Å². The maximum atomic E-state index is 15.1. The Morgan fingerprint density at radius 3 is 0.793 bits per heavy atom. The quantitative estimate of drug-likeness (QED) is 0.114. The second-order valence-corrected chi connectivity index (χ2v) is 11.3. The maximum absolute atomic E-state index is 15.1. The van der Waals surface area contributed by atoms with Crippen LogP contribution < -0.4 is 9.47 Å². The SMILES string of the molecule is CC(=O)Oc1ccc(C(F)(F)C(F)(F)C(F)(F)C(F)(F)C(F)(F)C(F)(F)F)cc1-c1cc(C(F)(F)C(F)(F)C(F)(F)C(F)(F)C(F)(F)C(F)(F)F)ccc1OC(C)=O. The summed E-state index contributed by atoms with van der Waals surface area (Å²) in [5.74, 6) is -88.0. The van der Waals surface area contributed by atoms with Gasteiger partial charge in [-0.3, -0.25) is 9.59 Å². The van der Waals surface area contributed by atoms with Gasteiger partial charge in [0.15, 0.2) is 0 Å². The van der Waals surface area contributed by atoms with Gasteiger partial charge in [0.1, 0.15) is 11.5 Å². The van der Waals surface area contributed by atoms with E-state index in [2.05, 4.69) is 9.47 Å². The Balaban J connectivity index is 3.09. The van der Waals surface area contributed by atoms with Gasteiger partial charge in [-0.2, -0.15) is 114 Å². The van der Waals surface area contributed by atoms with E-state index < -0.39 is 142 Å². The molecule has 0 aliphatic heterocycles. The molecule has 0 saturated heterocycles. The Labute approximate surface area is 301 Å². The summed E-state index contributed by atoms with van der Waals surface area (Å²) in [6, 6.07) is -4.13. The first-order valence-corrected chi connectivity index (χ1v) is 13.9. The van der Waals surface area contributed by atoms with Crippen LogP contribution in [-0.2, 0) is 21.4 Å². The predicted octanol–water partition coefficient (Wildman–Crippen LogP) is 11.6. The van der Waals surface area contributed by atoms with Gasteiger partial charge in [0, 0.05) is 36.1 Å². The highest BCUT2D eigenvalue weighted by atomic mass is 19.4. The second-order valence-electron chi connectivity index (χ2n) is 11.3. The highest BCUT2D eigenvalue weighted by Gasteiger charge is 2.92. The molecule has 2 aromatic rings. The van der Waals surface area contributed by atoms with Crippen molar-refractivity contribution >= 4 is 11.9 Å². The van der Waals surface area contributed by atoms with Gasteiger partial charge in [-0.05, 0) is 36.4 Å². The minimum Gasteiger partial charge on any atom is -0.426 e. The van der Waals surface area contributed by atoms with Crippen LogP contribution in [-0.4, -0.2) is 71.7 Å². The van der Waals surface area contributed by atoms with Crippen molar-refractivity contribution in [1.29, 1.82) is 0 Å². The number of ether oxygens (including phenoxy) is 2. The van der Waals surface area contributed by atoms with Crippen molar-refractivity contribution < 1.29 is 133 Å². The second kappa shape index (κ2) is 14.1. The summed E-state index contributed by atoms with van der Waals surface area (Å²) in [6.45, 7) is 0.613. The molecule has 4 nitrogen and oxygen atoms in total. The van der Waals surface area contributed by atoms with Crippen molar-refractivity contribution in [3.8, 4) is 22.6 Å². The zero-order chi connectivity index (χ0) is 46.3. The zero-order valence-corrected chi connectivity index (χ0v) is 26.9. The van der Waals surface area contributed by atoms with E-state index in [1.807, 2.05) is 0 Å². The number of alkyl halides is 26. The fourth-order valence-electron chi connectivity index (χ4n) is 4.26. The minimum atomic E-state index is -8.48. The van der Waals surface area contributed by atoms with E-state index in [4.69, 9.17) is 0 Å². The van der Waals surface area contributed by atoms with Crippen molar-refractivity contribution in [3.63, 3.8) is 0 Å². The summed E-state index contributed by atoms with van der Waals surface area (Å²) in [5, 5.41) is 0. The van der Waals surface area contributed by atoms with Crippen LogP contribution in [0.3, 0.4) is 0 Å². The number of esters is 2. The van der Waals surface area contributed by atoms with Crippen LogP contribution in [0.5, 0.6) is 11.5 Å². The molecule has 0 amide bonds. The first-order chi connectivity index (χ1) is 25.3. The van der Waals surface area contributed by atoms with E-state index in [1.165, 1.54) is 0 Å². The average molecular weight is 906 g/mol. The molecule has 0 saturated carbocycles. The molecule has 0 bridgehead atoms. The molecule has 30 heteroatoms. The zero-order valence-electron chi connectivity index (χ0n) is 26.9. The molecule has 0 aromatic heterocycles. The lowest BCUT2D eigenvalue weighted by Crippen LogP contribution is -2.69. The van der Waals surface area contributed by atoms with Crippen LogP contribution in [0.15, 0.2) is 36.4 Å². The van der Waals surface area contributed by atoms with E-state index in [1.54, 1.807) is 0 Å². The number of hydrogen-bond acceptors (Lipinski definition) is 4. The smallest absolute Gasteiger partial charge is 0.426 e. The number of carbonyl (C=O) groups is 2. The third kappa shape index (κ3) is 7.17. The number of hydrogen-bond donors (Lipinski definition) is 0. The Bertz CT molecular complexity index is 1760. The number of carbonyl (C=O) groups excluding carboxylic acids is 2. The highest BCUT2D eigenvalue weighted by molar-refractivity contribution is 5.83. The Morgan fingerprint density at radius 1 is 0.362 bits per heavy atom. The lowest BCUT2D eigenvalue weighted by molar-refractivity contribution is -0.441. The summed E-state index contributed by atoms with van der Waals surface area (Å²) in [6.07, 6.45) is -15.7. The van der Waals surface area contributed by atoms with Gasteiger partial charge < -0.3 is 9.47 Å². The fourth-order valence-corrected chi connectivity index (χ4v) is 4.26. The number of rotatable bonds is 13. The number of halogens is 26. The molecule has 2 aromatic carbocycles. The average Bonchev–Trinajstić information content (AvgIpc) is 3.02. The predicted molar refractivity (Wildman–Crippen MR) is 134 cm³/mol. The van der Waals surface area contributed by atoms with Gasteiger partial charge in [0.2, 0.25) is 0 Å². The molecule has 0 radical (unpaired) electrons. The monoisotopic (exact) mass is 906 g/mol. The van der Waals surface area contributed by atoms with Crippen molar-refractivity contribution in [2.45, 2.75) is 85.4 Å². The van der Waals surface area contributed by atoms with Crippen molar-refractivity contribution in [1.82, 2.24) is 0 Å². The molecule has 0 N–H and O–H groups in total. The van der Waals surface area contributed by atoms with Gasteiger partial charge in [0.25, 0.3) is 0 Å². The van der Waals surface area contributed by atoms with Crippen LogP contribution in [0.4, 0.5) is 114 Å². The first kappa shape index (κ1) is 49.7. The van der Waals surface area contributed by atoms with Crippen LogP contribution >= 0.6 is 0 Å². The van der Waals surface area contributed by atoms with Gasteiger partial charge in [-0.25, -0.2) is 0 Å². The molecule has 0 aliphatic rings. The molecule has 0 unspecified atom stereocenters. The molecule has 0 atom stereocenters. The molecule has 0 aliphatic carbocycles. The van der Waals surface area contributed by atoms with Crippen LogP contribution in [0.1, 0.15) is 25.0 Å². The van der Waals surface area contributed by atoms with E-state index >= 15 is 17.6 Å². The standard InChI is InChI=1S/C28H12F26O4/c1-9(55)57-15-5-3-11(17(29,30)19(33,34)21(37,38)23(41,42)25(45,46)27(49,50)51)7-13(15)14-8-12(4-6-16(14)58-10(2)56)18(31,32)20(35,36)22(39,40)24(43,44)26(47,48)28(52,53)54/h3-8H,1-2H3. The topological polar surface area (TPSA) is 52.6 Å². The van der Waals surface area contributed by atoms with E-state index in [0.29, 0.717) is 13.8 Å². The molecular weight excluding hydrogens is 894 g/mol. The van der Waals surface area contributed by atoms with Crippen molar-refractivity contribution in [2.24, 2.45) is 0 Å². The van der Waals surface area contributed by atoms with E-state index in [-0.39, 0.29) is 12.1 Å². The summed E-state index contributed by atoms with van der Waals surface area (Å²) >= 11 is 0. The molecule has 0 fully saturated rings. The third-order valence-electron chi connectivity index (χ3n) is 7.35. The lowest BCUT2D eigenvalue weighted by Gasteiger charge is -2.40. The van der Waals surface area contributed by atoms with Crippen molar-refractivity contribution in [3.05, 3.63) is 47.5 Å². The third-order valence-corrected chi connectivity index (χ3v) is 7.35. The minimum absolute atomic E-state index is 0.307. The lowest BCUT2D eigenvalue weighted by atomic mass is 9.87. The molecule has 58 heavy (non-hydrogen) atoms. The Kier molecular flexibility index (Phi) is 12.1. The van der Waals surface area contributed by atoms with Gasteiger partial charge in [-0.15, -0.1) is 0 Å². The summed E-state index contributed by atoms with van der Waals surface area (Å²) in [5.41, 5.74) is -10.2. The van der Waals surface area contributed by atoms with Gasteiger partial charge >= 0.3 is 83.5 Å². The number of benzene rings is 2. The molecular formula is C28H12F26O4. The van der Waals surface area contributed by atoms with Crippen LogP contribution in [0, 0.1) is 0 Å². The van der Waals surface area contributed by atoms with Crippen LogP contribution in [0.2, 0.25) is 0 Å². The maximum Gasteiger partial charge on any atom is 0.460 e. The van der Waals surface area contributed by atoms with E-state index in [9.17, 15) is 106 Å².